The molecule has 2 aliphatic heterocycles. The third-order valence-corrected chi connectivity index (χ3v) is 9.77. The van der Waals surface area contributed by atoms with Crippen LogP contribution in [0.4, 0.5) is 0 Å². The molecule has 2 saturated heterocycles. The van der Waals surface area contributed by atoms with Gasteiger partial charge in [0.15, 0.2) is 0 Å². The van der Waals surface area contributed by atoms with Crippen LogP contribution in [0.25, 0.3) is 0 Å². The highest BCUT2D eigenvalue weighted by molar-refractivity contribution is 7.99. The standard InChI is InChI=1S/C35H50N4O7S/c1-23-9-14-26(34-32(44)31(43)33(45)35(46-34)47-3)20-27(23)19-25-12-10-24(11-13-25)7-6-8-28(40)37-21-29(41)36-15-18-38(2)22-30(42)39-16-4-5-17-39/h9-14,20,31-35,43-45H,4-8,15-19,21-22H2,1-3H3,(H,36,41)(H,37,40)/t31-,32-,33+,34+,35-/m1/s1. The van der Waals surface area contributed by atoms with E-state index in [2.05, 4.69) is 34.9 Å². The molecule has 2 aliphatic rings. The van der Waals surface area contributed by atoms with Crippen molar-refractivity contribution in [2.75, 3.05) is 52.6 Å². The Morgan fingerprint density at radius 1 is 0.957 bits per heavy atom. The highest BCUT2D eigenvalue weighted by Gasteiger charge is 2.44. The lowest BCUT2D eigenvalue weighted by Gasteiger charge is -2.40. The number of aliphatic hydroxyl groups is 3. The van der Waals surface area contributed by atoms with Crippen molar-refractivity contribution in [2.45, 2.75) is 75.3 Å². The Bertz CT molecular complexity index is 1340. The van der Waals surface area contributed by atoms with Gasteiger partial charge in [0.25, 0.3) is 0 Å². The first-order valence-corrected chi connectivity index (χ1v) is 17.7. The van der Waals surface area contributed by atoms with Gasteiger partial charge in [-0.3, -0.25) is 19.3 Å². The SMILES string of the molecule is CS[C@H]1O[C@@H](c2ccc(C)c(Cc3ccc(CCCC(=O)NCC(=O)NCCN(C)CC(=O)N4CCCC4)cc3)c2)[C@H](O)[C@@H](O)[C@@H]1O. The third kappa shape index (κ3) is 10.8. The second kappa shape index (κ2) is 18.0. The highest BCUT2D eigenvalue weighted by Crippen LogP contribution is 2.36. The number of nitrogens with one attached hydrogen (secondary N) is 2. The summed E-state index contributed by atoms with van der Waals surface area (Å²) in [5.41, 5.74) is 4.53. The highest BCUT2D eigenvalue weighted by atomic mass is 32.2. The quantitative estimate of drug-likeness (QED) is 0.190. The van der Waals surface area contributed by atoms with Crippen LogP contribution in [0.2, 0.25) is 0 Å². The molecule has 5 N–H and O–H groups in total. The average molecular weight is 671 g/mol. The van der Waals surface area contributed by atoms with E-state index in [1.54, 1.807) is 6.26 Å². The summed E-state index contributed by atoms with van der Waals surface area (Å²) in [4.78, 5) is 40.4. The van der Waals surface area contributed by atoms with Crippen LogP contribution in [0.1, 0.15) is 59.6 Å². The largest absolute Gasteiger partial charge is 0.387 e. The van der Waals surface area contributed by atoms with Crippen LogP contribution in [0, 0.1) is 6.92 Å². The van der Waals surface area contributed by atoms with Crippen LogP contribution in [-0.4, -0.2) is 119 Å². The maximum Gasteiger partial charge on any atom is 0.239 e. The third-order valence-electron chi connectivity index (χ3n) is 8.92. The van der Waals surface area contributed by atoms with Crippen molar-refractivity contribution in [3.63, 3.8) is 0 Å². The lowest BCUT2D eigenvalue weighted by molar-refractivity contribution is -0.200. The summed E-state index contributed by atoms with van der Waals surface area (Å²) in [5, 5.41) is 36.6. The molecule has 0 unspecified atom stereocenters. The minimum atomic E-state index is -1.29. The lowest BCUT2D eigenvalue weighted by atomic mass is 9.91. The Hall–Kier alpha value is -3.00. The smallest absolute Gasteiger partial charge is 0.239 e. The fraction of sp³-hybridized carbons (Fsp3) is 0.571. The van der Waals surface area contributed by atoms with Gasteiger partial charge in [-0.05, 0) is 80.1 Å². The summed E-state index contributed by atoms with van der Waals surface area (Å²) in [5.74, 6) is -0.297. The summed E-state index contributed by atoms with van der Waals surface area (Å²) < 4.78 is 5.95. The van der Waals surface area contributed by atoms with E-state index < -0.39 is 29.9 Å². The molecule has 2 aromatic carbocycles. The van der Waals surface area contributed by atoms with Gasteiger partial charge in [-0.1, -0.05) is 42.5 Å². The monoisotopic (exact) mass is 670 g/mol. The molecule has 2 fully saturated rings. The summed E-state index contributed by atoms with van der Waals surface area (Å²) in [6.07, 6.45) is 1.88. The zero-order valence-corrected chi connectivity index (χ0v) is 28.5. The zero-order valence-electron chi connectivity index (χ0n) is 27.7. The minimum Gasteiger partial charge on any atom is -0.387 e. The van der Waals surface area contributed by atoms with Crippen molar-refractivity contribution in [1.29, 1.82) is 0 Å². The molecule has 3 amide bonds. The molecule has 12 heteroatoms. The maximum absolute atomic E-state index is 12.3. The number of rotatable bonds is 15. The van der Waals surface area contributed by atoms with E-state index in [4.69, 9.17) is 4.74 Å². The van der Waals surface area contributed by atoms with Gasteiger partial charge in [-0.15, -0.1) is 11.8 Å². The van der Waals surface area contributed by atoms with Crippen LogP contribution >= 0.6 is 11.8 Å². The first-order valence-electron chi connectivity index (χ1n) is 16.4. The number of carbonyl (C=O) groups is 3. The number of aryl methyl sites for hydroxylation is 2. The predicted molar refractivity (Wildman–Crippen MR) is 182 cm³/mol. The van der Waals surface area contributed by atoms with Crippen LogP contribution in [0.3, 0.4) is 0 Å². The Balaban J connectivity index is 1.15. The topological polar surface area (TPSA) is 152 Å². The lowest BCUT2D eigenvalue weighted by Crippen LogP contribution is -2.52. The second-order valence-electron chi connectivity index (χ2n) is 12.6. The van der Waals surface area contributed by atoms with Crippen molar-refractivity contribution in [1.82, 2.24) is 20.4 Å². The summed E-state index contributed by atoms with van der Waals surface area (Å²) in [6, 6.07) is 14.1. The summed E-state index contributed by atoms with van der Waals surface area (Å²) >= 11 is 1.30. The van der Waals surface area contributed by atoms with Crippen molar-refractivity contribution < 1.29 is 34.4 Å². The normalized spacial score (nSPS) is 22.8. The number of carbonyl (C=O) groups excluding carboxylic acids is 3. The van der Waals surface area contributed by atoms with E-state index in [-0.39, 0.29) is 24.3 Å². The number of likely N-dealkylation sites (tertiary alicyclic amines) is 1. The van der Waals surface area contributed by atoms with Crippen molar-refractivity contribution in [2.24, 2.45) is 0 Å². The Labute approximate surface area is 282 Å². The fourth-order valence-electron chi connectivity index (χ4n) is 5.97. The maximum atomic E-state index is 12.3. The molecular weight excluding hydrogens is 620 g/mol. The number of nitrogens with zero attached hydrogens (tertiary/aromatic N) is 2. The molecular formula is C35H50N4O7S. The van der Waals surface area contributed by atoms with Gasteiger partial charge in [0.2, 0.25) is 17.7 Å². The van der Waals surface area contributed by atoms with Crippen LogP contribution in [0.5, 0.6) is 0 Å². The van der Waals surface area contributed by atoms with Crippen LogP contribution < -0.4 is 10.6 Å². The first kappa shape index (κ1) is 36.8. The van der Waals surface area contributed by atoms with E-state index in [1.807, 2.05) is 42.0 Å². The number of thioether (sulfide) groups is 1. The van der Waals surface area contributed by atoms with Gasteiger partial charge in [-0.2, -0.15) is 0 Å². The molecule has 5 atom stereocenters. The van der Waals surface area contributed by atoms with Crippen molar-refractivity contribution in [3.05, 3.63) is 70.3 Å². The van der Waals surface area contributed by atoms with Gasteiger partial charge in [0.05, 0.1) is 13.1 Å². The molecule has 0 saturated carbocycles. The van der Waals surface area contributed by atoms with Gasteiger partial charge >= 0.3 is 0 Å². The molecule has 11 nitrogen and oxygen atoms in total. The number of likely N-dealkylation sites (N-methyl/N-ethyl adjacent to an activating group) is 1. The number of amides is 3. The van der Waals surface area contributed by atoms with Gasteiger partial charge in [0.1, 0.15) is 29.9 Å². The van der Waals surface area contributed by atoms with Crippen molar-refractivity contribution in [3.8, 4) is 0 Å². The predicted octanol–water partition coefficient (Wildman–Crippen LogP) is 1.54. The Morgan fingerprint density at radius 3 is 2.36 bits per heavy atom. The summed E-state index contributed by atoms with van der Waals surface area (Å²) in [6.45, 7) is 4.92. The molecule has 47 heavy (non-hydrogen) atoms. The fourth-order valence-corrected chi connectivity index (χ4v) is 6.64. The Morgan fingerprint density at radius 2 is 1.66 bits per heavy atom. The molecule has 2 aromatic rings. The van der Waals surface area contributed by atoms with Crippen LogP contribution in [0.15, 0.2) is 42.5 Å². The second-order valence-corrected chi connectivity index (χ2v) is 13.6. The number of benzene rings is 2. The molecule has 4 rings (SSSR count). The average Bonchev–Trinajstić information content (AvgIpc) is 3.60. The Kier molecular flexibility index (Phi) is 14.1. The minimum absolute atomic E-state index is 0.0723. The molecule has 258 valence electrons. The van der Waals surface area contributed by atoms with E-state index in [0.717, 1.165) is 60.2 Å². The number of aliphatic hydroxyl groups excluding tert-OH is 3. The zero-order chi connectivity index (χ0) is 33.9. The molecule has 0 spiro atoms. The molecule has 0 radical (unpaired) electrons. The van der Waals surface area contributed by atoms with Gasteiger partial charge in [-0.25, -0.2) is 0 Å². The van der Waals surface area contributed by atoms with E-state index >= 15 is 0 Å². The molecule has 0 aliphatic carbocycles. The molecule has 0 aromatic heterocycles. The number of hydrogen-bond acceptors (Lipinski definition) is 9. The summed E-state index contributed by atoms with van der Waals surface area (Å²) in [7, 11) is 1.86. The van der Waals surface area contributed by atoms with E-state index in [1.165, 1.54) is 11.8 Å². The van der Waals surface area contributed by atoms with E-state index in [0.29, 0.717) is 38.9 Å². The van der Waals surface area contributed by atoms with Crippen molar-refractivity contribution >= 4 is 29.5 Å². The van der Waals surface area contributed by atoms with Gasteiger partial charge < -0.3 is 35.6 Å². The van der Waals surface area contributed by atoms with Crippen LogP contribution in [-0.2, 0) is 32.0 Å². The molecule has 2 heterocycles. The number of ether oxygens (including phenoxy) is 1. The first-order chi connectivity index (χ1) is 22.5. The van der Waals surface area contributed by atoms with E-state index in [9.17, 15) is 29.7 Å². The van der Waals surface area contributed by atoms with Gasteiger partial charge in [0, 0.05) is 32.6 Å². The number of hydrogen-bond donors (Lipinski definition) is 5. The molecule has 0 bridgehead atoms.